The molecule has 2 heteroatoms. The van der Waals surface area contributed by atoms with Crippen LogP contribution in [-0.4, -0.2) is 4.57 Å². The molecule has 3 aromatic carbocycles. The van der Waals surface area contributed by atoms with Crippen molar-refractivity contribution in [1.29, 1.82) is 0 Å². The van der Waals surface area contributed by atoms with E-state index < -0.39 is 0 Å². The lowest BCUT2D eigenvalue weighted by molar-refractivity contribution is 1.18. The molecule has 26 heavy (non-hydrogen) atoms. The van der Waals surface area contributed by atoms with Crippen LogP contribution in [0.25, 0.3) is 33.1 Å². The van der Waals surface area contributed by atoms with Gasteiger partial charge in [-0.2, -0.15) is 0 Å². The average molecular weight is 334 g/mol. The van der Waals surface area contributed by atoms with E-state index in [-0.39, 0.29) is 0 Å². The van der Waals surface area contributed by atoms with Crippen molar-refractivity contribution in [1.82, 2.24) is 4.57 Å². The number of nitrogens with one attached hydrogen (secondary N) is 1. The number of rotatable bonds is 1. The zero-order chi connectivity index (χ0) is 17.5. The summed E-state index contributed by atoms with van der Waals surface area (Å²) in [7, 11) is 0. The number of hydrogen-bond donors (Lipinski definition) is 1. The van der Waals surface area contributed by atoms with Gasteiger partial charge in [0.1, 0.15) is 0 Å². The molecule has 0 saturated carbocycles. The molecule has 0 spiro atoms. The maximum Gasteiger partial charge on any atom is 0.0562 e. The molecular formula is C24H18N2. The van der Waals surface area contributed by atoms with Crippen molar-refractivity contribution >= 4 is 33.1 Å². The number of anilines is 1. The summed E-state index contributed by atoms with van der Waals surface area (Å²) >= 11 is 0. The SMILES string of the molecule is C=C1/C=C\C=C/Nc2cc3c(cc21)c1ccccc1n3-c1ccccc1. The number of nitrogens with zero attached hydrogens (tertiary/aromatic N) is 1. The molecule has 2 heterocycles. The summed E-state index contributed by atoms with van der Waals surface area (Å²) in [4.78, 5) is 0. The normalized spacial score (nSPS) is 15.9. The molecule has 1 N–H and O–H groups in total. The predicted molar refractivity (Wildman–Crippen MR) is 112 cm³/mol. The Kier molecular flexibility index (Phi) is 3.29. The van der Waals surface area contributed by atoms with Gasteiger partial charge in [0.25, 0.3) is 0 Å². The van der Waals surface area contributed by atoms with Gasteiger partial charge in [-0.1, -0.05) is 55.1 Å². The highest BCUT2D eigenvalue weighted by Crippen LogP contribution is 2.37. The standard InChI is InChI=1S/C24H18N2/c1-17-9-7-8-14-25-22-16-24-21(15-20(17)22)19-12-5-6-13-23(19)26(24)18-10-3-2-4-11-18/h2-16,25H,1H2/b9-7-,14-8-. The number of aromatic nitrogens is 1. The Morgan fingerprint density at radius 3 is 2.46 bits per heavy atom. The third kappa shape index (κ3) is 2.20. The Balaban J connectivity index is 1.92. The molecule has 0 radical (unpaired) electrons. The lowest BCUT2D eigenvalue weighted by Gasteiger charge is -2.14. The van der Waals surface area contributed by atoms with Crippen molar-refractivity contribution in [3.63, 3.8) is 0 Å². The number of hydrogen-bond acceptors (Lipinski definition) is 1. The Morgan fingerprint density at radius 2 is 1.58 bits per heavy atom. The largest absolute Gasteiger partial charge is 0.361 e. The average Bonchev–Trinajstić information content (AvgIpc) is 2.99. The molecule has 2 nitrogen and oxygen atoms in total. The first kappa shape index (κ1) is 14.8. The molecule has 1 aliphatic rings. The van der Waals surface area contributed by atoms with Crippen LogP contribution in [0.1, 0.15) is 5.56 Å². The molecule has 0 atom stereocenters. The molecule has 0 aliphatic carbocycles. The molecule has 0 bridgehead atoms. The van der Waals surface area contributed by atoms with Gasteiger partial charge >= 0.3 is 0 Å². The highest BCUT2D eigenvalue weighted by Gasteiger charge is 2.15. The Hall–Kier alpha value is -3.52. The van der Waals surface area contributed by atoms with Crippen molar-refractivity contribution in [3.8, 4) is 5.69 Å². The first-order valence-electron chi connectivity index (χ1n) is 8.74. The second-order valence-electron chi connectivity index (χ2n) is 6.49. The van der Waals surface area contributed by atoms with Gasteiger partial charge in [-0.25, -0.2) is 0 Å². The van der Waals surface area contributed by atoms with Gasteiger partial charge in [0.05, 0.1) is 11.0 Å². The quantitative estimate of drug-likeness (QED) is 0.433. The molecule has 124 valence electrons. The molecule has 4 aromatic rings. The van der Waals surface area contributed by atoms with Crippen LogP contribution in [0.3, 0.4) is 0 Å². The topological polar surface area (TPSA) is 17.0 Å². The Bertz CT molecular complexity index is 1210. The predicted octanol–water partition coefficient (Wildman–Crippen LogP) is 6.29. The van der Waals surface area contributed by atoms with E-state index in [0.717, 1.165) is 16.8 Å². The lowest BCUT2D eigenvalue weighted by Crippen LogP contribution is -1.97. The molecule has 5 rings (SSSR count). The van der Waals surface area contributed by atoms with Crippen LogP contribution in [0.5, 0.6) is 0 Å². The van der Waals surface area contributed by atoms with Gasteiger partial charge in [-0.15, -0.1) is 0 Å². The van der Waals surface area contributed by atoms with Gasteiger partial charge < -0.3 is 9.88 Å². The minimum Gasteiger partial charge on any atom is -0.361 e. The fourth-order valence-electron chi connectivity index (χ4n) is 3.71. The lowest BCUT2D eigenvalue weighted by atomic mass is 10.0. The number of para-hydroxylation sites is 2. The van der Waals surface area contributed by atoms with E-state index in [1.165, 1.54) is 27.5 Å². The fourth-order valence-corrected chi connectivity index (χ4v) is 3.71. The first-order chi connectivity index (χ1) is 12.8. The molecule has 0 amide bonds. The minimum atomic E-state index is 1.01. The summed E-state index contributed by atoms with van der Waals surface area (Å²) in [5.74, 6) is 0. The van der Waals surface area contributed by atoms with Crippen molar-refractivity contribution in [2.24, 2.45) is 0 Å². The van der Waals surface area contributed by atoms with E-state index >= 15 is 0 Å². The van der Waals surface area contributed by atoms with Crippen LogP contribution in [0.2, 0.25) is 0 Å². The van der Waals surface area contributed by atoms with E-state index in [9.17, 15) is 0 Å². The monoisotopic (exact) mass is 334 g/mol. The summed E-state index contributed by atoms with van der Waals surface area (Å²) in [6.07, 6.45) is 8.02. The summed E-state index contributed by atoms with van der Waals surface area (Å²) in [5.41, 5.74) is 6.78. The summed E-state index contributed by atoms with van der Waals surface area (Å²) in [5, 5.41) is 5.90. The van der Waals surface area contributed by atoms with E-state index in [1.54, 1.807) is 0 Å². The molecule has 0 unspecified atom stereocenters. The van der Waals surface area contributed by atoms with Gasteiger partial charge in [-0.05, 0) is 42.0 Å². The summed E-state index contributed by atoms with van der Waals surface area (Å²) in [6.45, 7) is 4.24. The maximum atomic E-state index is 4.24. The van der Waals surface area contributed by atoms with Crippen molar-refractivity contribution in [3.05, 3.63) is 103 Å². The third-order valence-corrected chi connectivity index (χ3v) is 4.92. The molecule has 0 saturated heterocycles. The van der Waals surface area contributed by atoms with Crippen LogP contribution >= 0.6 is 0 Å². The first-order valence-corrected chi connectivity index (χ1v) is 8.74. The fraction of sp³-hybridized carbons (Fsp3) is 0. The molecular weight excluding hydrogens is 316 g/mol. The second-order valence-corrected chi connectivity index (χ2v) is 6.49. The molecule has 1 aromatic heterocycles. The van der Waals surface area contributed by atoms with Crippen molar-refractivity contribution in [2.75, 3.05) is 5.32 Å². The van der Waals surface area contributed by atoms with E-state index in [4.69, 9.17) is 0 Å². The van der Waals surface area contributed by atoms with Gasteiger partial charge in [0.15, 0.2) is 0 Å². The summed E-state index contributed by atoms with van der Waals surface area (Å²) in [6, 6.07) is 23.6. The van der Waals surface area contributed by atoms with Crippen LogP contribution < -0.4 is 5.32 Å². The van der Waals surface area contributed by atoms with Gasteiger partial charge in [0.2, 0.25) is 0 Å². The van der Waals surface area contributed by atoms with E-state index in [1.807, 2.05) is 18.4 Å². The zero-order valence-corrected chi connectivity index (χ0v) is 14.3. The van der Waals surface area contributed by atoms with E-state index in [0.29, 0.717) is 0 Å². The minimum absolute atomic E-state index is 1.01. The number of allylic oxidation sites excluding steroid dienone is 4. The molecule has 1 aliphatic heterocycles. The van der Waals surface area contributed by atoms with Crippen LogP contribution in [0.4, 0.5) is 5.69 Å². The highest BCUT2D eigenvalue weighted by atomic mass is 15.0. The number of benzene rings is 3. The van der Waals surface area contributed by atoms with Crippen LogP contribution in [-0.2, 0) is 0 Å². The van der Waals surface area contributed by atoms with Gasteiger partial charge in [-0.3, -0.25) is 0 Å². The summed E-state index contributed by atoms with van der Waals surface area (Å²) < 4.78 is 2.33. The van der Waals surface area contributed by atoms with Crippen molar-refractivity contribution in [2.45, 2.75) is 0 Å². The molecule has 0 fully saturated rings. The Labute approximate surface area is 152 Å². The van der Waals surface area contributed by atoms with Crippen LogP contribution in [0.15, 0.2) is 97.7 Å². The third-order valence-electron chi connectivity index (χ3n) is 4.92. The van der Waals surface area contributed by atoms with Crippen molar-refractivity contribution < 1.29 is 0 Å². The highest BCUT2D eigenvalue weighted by molar-refractivity contribution is 6.11. The maximum absolute atomic E-state index is 4.24. The zero-order valence-electron chi connectivity index (χ0n) is 14.3. The van der Waals surface area contributed by atoms with E-state index in [2.05, 4.69) is 89.3 Å². The van der Waals surface area contributed by atoms with Gasteiger partial charge in [0, 0.05) is 33.9 Å². The number of fused-ring (bicyclic) bond motifs is 4. The Morgan fingerprint density at radius 1 is 0.769 bits per heavy atom. The smallest absolute Gasteiger partial charge is 0.0562 e. The van der Waals surface area contributed by atoms with Crippen LogP contribution in [0, 0.1) is 0 Å². The second kappa shape index (κ2) is 5.78.